The number of benzene rings is 2. The Hall–Kier alpha value is -2.98. The molecule has 0 aliphatic heterocycles. The molecule has 0 atom stereocenters. The molecule has 7 N–H and O–H groups in total. The topological polar surface area (TPSA) is 218 Å². The van der Waals surface area contributed by atoms with Crippen LogP contribution in [0.2, 0.25) is 5.28 Å². The number of hydrogen-bond donors (Lipinski definition) is 6. The molecule has 13 nitrogen and oxygen atoms in total. The van der Waals surface area contributed by atoms with Crippen LogP contribution in [0.3, 0.4) is 0 Å². The molecule has 0 aliphatic rings. The summed E-state index contributed by atoms with van der Waals surface area (Å²) in [6, 6.07) is 2.64. The third-order valence-corrected chi connectivity index (χ3v) is 5.73. The number of aromatic nitrogens is 3. The maximum atomic E-state index is 11.7. The van der Waals surface area contributed by atoms with Gasteiger partial charge in [0.05, 0.1) is 16.3 Å². The van der Waals surface area contributed by atoms with Gasteiger partial charge < -0.3 is 21.5 Å². The second-order valence-electron chi connectivity index (χ2n) is 5.78. The van der Waals surface area contributed by atoms with Gasteiger partial charge in [0.2, 0.25) is 17.2 Å². The molecule has 3 aromatic rings. The number of nitrogens with two attached hydrogens (primary N) is 1. The van der Waals surface area contributed by atoms with E-state index >= 15 is 0 Å². The van der Waals surface area contributed by atoms with Crippen molar-refractivity contribution in [2.24, 2.45) is 0 Å². The average Bonchev–Trinajstić information content (AvgIpc) is 2.61. The van der Waals surface area contributed by atoms with Crippen LogP contribution in [-0.4, -0.2) is 53.0 Å². The first-order valence-corrected chi connectivity index (χ1v) is 11.0. The molecule has 2 aromatic carbocycles. The third kappa shape index (κ3) is 4.14. The minimum absolute atomic E-state index is 0.0603. The molecule has 0 radical (unpaired) electrons. The maximum absolute atomic E-state index is 11.7. The summed E-state index contributed by atoms with van der Waals surface area (Å²) in [7, 11) is -8.11. The molecule has 0 amide bonds. The molecule has 3 rings (SSSR count). The van der Waals surface area contributed by atoms with Crippen LogP contribution in [0.15, 0.2) is 28.0 Å². The van der Waals surface area contributed by atoms with E-state index in [4.69, 9.17) is 17.3 Å². The van der Waals surface area contributed by atoms with Gasteiger partial charge in [-0.25, -0.2) is 0 Å². The van der Waals surface area contributed by atoms with E-state index in [1.165, 1.54) is 7.05 Å². The lowest BCUT2D eigenvalue weighted by Gasteiger charge is -2.15. The molecule has 160 valence electrons. The number of nitrogens with one attached hydrogen (secondary N) is 2. The Kier molecular flexibility index (Phi) is 5.33. The third-order valence-electron chi connectivity index (χ3n) is 3.84. The number of halogens is 1. The smallest absolute Gasteiger partial charge is 0.296 e. The van der Waals surface area contributed by atoms with Gasteiger partial charge in [0, 0.05) is 12.4 Å². The Morgan fingerprint density at radius 1 is 1.00 bits per heavy atom. The molecule has 30 heavy (non-hydrogen) atoms. The summed E-state index contributed by atoms with van der Waals surface area (Å²) in [4.78, 5) is 10.0. The summed E-state index contributed by atoms with van der Waals surface area (Å²) >= 11 is 5.80. The summed E-state index contributed by atoms with van der Waals surface area (Å²) in [5.41, 5.74) is 4.78. The fourth-order valence-electron chi connectivity index (χ4n) is 2.58. The van der Waals surface area contributed by atoms with Gasteiger partial charge in [-0.1, -0.05) is 0 Å². The van der Waals surface area contributed by atoms with Crippen LogP contribution in [0.25, 0.3) is 10.8 Å². The van der Waals surface area contributed by atoms with Crippen LogP contribution in [0.5, 0.6) is 5.75 Å². The molecule has 0 aliphatic carbocycles. The lowest BCUT2D eigenvalue weighted by atomic mass is 10.1. The Morgan fingerprint density at radius 2 is 1.63 bits per heavy atom. The second kappa shape index (κ2) is 7.37. The molecule has 0 unspecified atom stereocenters. The van der Waals surface area contributed by atoms with E-state index in [9.17, 15) is 31.0 Å². The van der Waals surface area contributed by atoms with Gasteiger partial charge in [-0.3, -0.25) is 9.11 Å². The highest BCUT2D eigenvalue weighted by Gasteiger charge is 2.24. The van der Waals surface area contributed by atoms with Crippen LogP contribution in [0.1, 0.15) is 0 Å². The summed E-state index contributed by atoms with van der Waals surface area (Å²) in [6.07, 6.45) is 0. The predicted octanol–water partition coefficient (Wildman–Crippen LogP) is 1.24. The van der Waals surface area contributed by atoms with Gasteiger partial charge in [-0.2, -0.15) is 31.8 Å². The SMILES string of the molecule is CNc1nc(Cl)nc(Nc2cc(S(=O)(=O)O)cc3cc(S(=O)(=O)O)c(N)c(O)c23)n1. The number of rotatable bonds is 5. The van der Waals surface area contributed by atoms with Gasteiger partial charge in [-0.15, -0.1) is 0 Å². The van der Waals surface area contributed by atoms with Crippen molar-refractivity contribution in [2.75, 3.05) is 23.4 Å². The predicted molar refractivity (Wildman–Crippen MR) is 107 cm³/mol. The summed E-state index contributed by atoms with van der Waals surface area (Å²) in [5.74, 6) is -0.895. The highest BCUT2D eigenvalue weighted by Crippen LogP contribution is 2.42. The number of hydrogen-bond acceptors (Lipinski definition) is 11. The van der Waals surface area contributed by atoms with Crippen LogP contribution in [-0.2, 0) is 20.2 Å². The minimum atomic E-state index is -4.86. The Morgan fingerprint density at radius 3 is 2.20 bits per heavy atom. The van der Waals surface area contributed by atoms with Crippen molar-refractivity contribution in [3.63, 3.8) is 0 Å². The molecule has 0 fully saturated rings. The van der Waals surface area contributed by atoms with Gasteiger partial charge in [0.25, 0.3) is 20.2 Å². The van der Waals surface area contributed by atoms with E-state index in [0.717, 1.165) is 18.2 Å². The zero-order chi connectivity index (χ0) is 22.4. The second-order valence-corrected chi connectivity index (χ2v) is 8.93. The number of anilines is 4. The zero-order valence-electron chi connectivity index (χ0n) is 14.8. The van der Waals surface area contributed by atoms with Gasteiger partial charge in [0.1, 0.15) is 10.6 Å². The standard InChI is InChI=1S/C14H13ClN6O7S2/c1-17-13-19-12(15)20-14(21-13)18-7-4-6(29(23,24)25)2-5-3-8(30(26,27)28)10(16)11(22)9(5)7/h2-4,22H,16H2,1H3,(H,23,24,25)(H,26,27,28)(H2,17,18,19,20,21). The zero-order valence-corrected chi connectivity index (χ0v) is 17.2. The van der Waals surface area contributed by atoms with Crippen LogP contribution >= 0.6 is 11.6 Å². The number of nitrogens with zero attached hydrogens (tertiary/aromatic N) is 3. The molecular weight excluding hydrogens is 464 g/mol. The Balaban J connectivity index is 2.37. The van der Waals surface area contributed by atoms with Crippen LogP contribution < -0.4 is 16.4 Å². The first kappa shape index (κ1) is 21.7. The number of phenolic OH excluding ortho intramolecular Hbond substituents is 1. The van der Waals surface area contributed by atoms with Crippen LogP contribution in [0, 0.1) is 0 Å². The summed E-state index contributed by atoms with van der Waals surface area (Å²) in [5, 5.41) is 15.1. The largest absolute Gasteiger partial charge is 0.505 e. The number of nitrogen functional groups attached to an aromatic ring is 1. The van der Waals surface area contributed by atoms with Crippen molar-refractivity contribution in [3.05, 3.63) is 23.5 Å². The highest BCUT2D eigenvalue weighted by molar-refractivity contribution is 7.86. The molecule has 0 saturated carbocycles. The molecule has 0 spiro atoms. The Bertz CT molecular complexity index is 1400. The fourth-order valence-corrected chi connectivity index (χ4v) is 3.94. The van der Waals surface area contributed by atoms with Crippen molar-refractivity contribution in [1.29, 1.82) is 0 Å². The van der Waals surface area contributed by atoms with Crippen molar-refractivity contribution < 1.29 is 31.0 Å². The lowest BCUT2D eigenvalue weighted by molar-refractivity contribution is 0.473. The molecule has 1 aromatic heterocycles. The van der Waals surface area contributed by atoms with Gasteiger partial charge in [0.15, 0.2) is 0 Å². The highest BCUT2D eigenvalue weighted by atomic mass is 35.5. The molecule has 1 heterocycles. The van der Waals surface area contributed by atoms with Crippen LogP contribution in [0.4, 0.5) is 23.3 Å². The first-order valence-electron chi connectivity index (χ1n) is 7.72. The number of fused-ring (bicyclic) bond motifs is 1. The minimum Gasteiger partial charge on any atom is -0.505 e. The summed E-state index contributed by atoms with van der Waals surface area (Å²) in [6.45, 7) is 0. The van der Waals surface area contributed by atoms with Gasteiger partial charge >= 0.3 is 0 Å². The molecule has 0 saturated heterocycles. The monoisotopic (exact) mass is 476 g/mol. The van der Waals surface area contributed by atoms with Gasteiger partial charge in [-0.05, 0) is 35.2 Å². The number of aromatic hydroxyl groups is 1. The Labute approximate surface area is 174 Å². The van der Waals surface area contributed by atoms with E-state index in [0.29, 0.717) is 0 Å². The molecule has 0 bridgehead atoms. The van der Waals surface area contributed by atoms with Crippen molar-refractivity contribution in [1.82, 2.24) is 15.0 Å². The van der Waals surface area contributed by atoms with E-state index < -0.39 is 41.5 Å². The molecule has 16 heteroatoms. The fraction of sp³-hybridized carbons (Fsp3) is 0.0714. The normalized spacial score (nSPS) is 12.1. The lowest BCUT2D eigenvalue weighted by Crippen LogP contribution is -2.07. The summed E-state index contributed by atoms with van der Waals surface area (Å²) < 4.78 is 65.2. The van der Waals surface area contributed by atoms with Crippen molar-refractivity contribution in [2.45, 2.75) is 9.79 Å². The number of phenols is 1. The van der Waals surface area contributed by atoms with E-state index in [-0.39, 0.29) is 33.6 Å². The first-order chi connectivity index (χ1) is 13.8. The van der Waals surface area contributed by atoms with E-state index in [2.05, 4.69) is 25.6 Å². The average molecular weight is 477 g/mol. The quantitative estimate of drug-likeness (QED) is 0.173. The maximum Gasteiger partial charge on any atom is 0.296 e. The van der Waals surface area contributed by atoms with Crippen molar-refractivity contribution in [3.8, 4) is 5.75 Å². The molecular formula is C14H13ClN6O7S2. The van der Waals surface area contributed by atoms with Crippen molar-refractivity contribution >= 4 is 65.9 Å². The van der Waals surface area contributed by atoms with E-state index in [1.54, 1.807) is 0 Å². The van der Waals surface area contributed by atoms with E-state index in [1.807, 2.05) is 0 Å².